The molecule has 1 aliphatic rings. The number of fused-ring (bicyclic) bond motifs is 1. The van der Waals surface area contributed by atoms with Crippen LogP contribution < -0.4 is 16.6 Å². The highest BCUT2D eigenvalue weighted by atomic mass is 35.5. The number of H-pyrrole nitrogens is 1. The van der Waals surface area contributed by atoms with Crippen molar-refractivity contribution in [1.29, 1.82) is 0 Å². The van der Waals surface area contributed by atoms with Gasteiger partial charge < -0.3 is 16.0 Å². The number of nitrogens with two attached hydrogens (primary N) is 1. The van der Waals surface area contributed by atoms with E-state index in [9.17, 15) is 9.59 Å². The van der Waals surface area contributed by atoms with Gasteiger partial charge in [0.15, 0.2) is 0 Å². The van der Waals surface area contributed by atoms with Crippen LogP contribution in [0.1, 0.15) is 19.3 Å². The fraction of sp³-hybridized carbons (Fsp3) is 0.333. The molecule has 4 N–H and O–H groups in total. The van der Waals surface area contributed by atoms with Gasteiger partial charge in [-0.1, -0.05) is 11.6 Å². The van der Waals surface area contributed by atoms with E-state index in [0.29, 0.717) is 22.5 Å². The number of amides is 1. The van der Waals surface area contributed by atoms with Gasteiger partial charge >= 0.3 is 0 Å². The molecule has 1 saturated carbocycles. The van der Waals surface area contributed by atoms with Crippen LogP contribution in [-0.2, 0) is 4.79 Å². The first-order chi connectivity index (χ1) is 10.0. The second kappa shape index (κ2) is 5.50. The number of carbonyl (C=O) groups excluding carboxylic acids is 1. The standard InChI is InChI=1S/C15H16ClN3O2/c16-12-7-11-8(3-4-18-15(11)21)6-13(12)19-14(20)9-1-2-10(17)5-9/h3-4,6-7,9-10H,1-2,5,17H2,(H,18,21)(H,19,20)/t9-,10+/m0/s1. The maximum atomic E-state index is 12.2. The lowest BCUT2D eigenvalue weighted by molar-refractivity contribution is -0.119. The summed E-state index contributed by atoms with van der Waals surface area (Å²) in [4.78, 5) is 26.5. The monoisotopic (exact) mass is 305 g/mol. The van der Waals surface area contributed by atoms with Crippen molar-refractivity contribution in [2.45, 2.75) is 25.3 Å². The third-order valence-corrected chi connectivity index (χ3v) is 4.28. The normalized spacial score (nSPS) is 21.6. The number of benzene rings is 1. The Balaban J connectivity index is 1.89. The minimum absolute atomic E-state index is 0.0611. The highest BCUT2D eigenvalue weighted by Gasteiger charge is 2.28. The molecule has 1 heterocycles. The van der Waals surface area contributed by atoms with Gasteiger partial charge in [0.1, 0.15) is 0 Å². The van der Waals surface area contributed by atoms with Crippen molar-refractivity contribution >= 4 is 34.0 Å². The molecule has 21 heavy (non-hydrogen) atoms. The van der Waals surface area contributed by atoms with Crippen LogP contribution >= 0.6 is 11.6 Å². The SMILES string of the molecule is N[C@@H]1CC[C@H](C(=O)Nc2cc3cc[nH]c(=O)c3cc2Cl)C1. The number of nitrogens with one attached hydrogen (secondary N) is 2. The second-order valence-corrected chi connectivity index (χ2v) is 5.89. The minimum Gasteiger partial charge on any atom is -0.329 e. The zero-order chi connectivity index (χ0) is 15.0. The number of hydrogen-bond acceptors (Lipinski definition) is 3. The number of halogens is 1. The molecule has 1 fully saturated rings. The van der Waals surface area contributed by atoms with E-state index < -0.39 is 0 Å². The quantitative estimate of drug-likeness (QED) is 0.795. The van der Waals surface area contributed by atoms with E-state index in [-0.39, 0.29) is 23.4 Å². The van der Waals surface area contributed by atoms with Gasteiger partial charge in [0.25, 0.3) is 5.56 Å². The van der Waals surface area contributed by atoms with Crippen LogP contribution in [0.5, 0.6) is 0 Å². The van der Waals surface area contributed by atoms with Crippen molar-refractivity contribution in [3.63, 3.8) is 0 Å². The van der Waals surface area contributed by atoms with Crippen molar-refractivity contribution < 1.29 is 4.79 Å². The van der Waals surface area contributed by atoms with Gasteiger partial charge in [0.05, 0.1) is 10.7 Å². The summed E-state index contributed by atoms with van der Waals surface area (Å²) in [6.45, 7) is 0. The Morgan fingerprint density at radius 2 is 2.19 bits per heavy atom. The zero-order valence-electron chi connectivity index (χ0n) is 11.4. The Morgan fingerprint density at radius 1 is 1.38 bits per heavy atom. The first kappa shape index (κ1) is 14.1. The van der Waals surface area contributed by atoms with Gasteiger partial charge in [0, 0.05) is 23.5 Å². The van der Waals surface area contributed by atoms with E-state index in [1.807, 2.05) is 0 Å². The summed E-state index contributed by atoms with van der Waals surface area (Å²) < 4.78 is 0. The fourth-order valence-electron chi connectivity index (χ4n) is 2.79. The number of hydrogen-bond donors (Lipinski definition) is 3. The van der Waals surface area contributed by atoms with E-state index in [0.717, 1.165) is 18.2 Å². The molecular weight excluding hydrogens is 290 g/mol. The van der Waals surface area contributed by atoms with Crippen LogP contribution in [-0.4, -0.2) is 16.9 Å². The second-order valence-electron chi connectivity index (χ2n) is 5.49. The predicted octanol–water partition coefficient (Wildman–Crippen LogP) is 2.25. The Hall–Kier alpha value is -1.85. The zero-order valence-corrected chi connectivity index (χ0v) is 12.1. The predicted molar refractivity (Wildman–Crippen MR) is 83.5 cm³/mol. The molecule has 5 nitrogen and oxygen atoms in total. The Kier molecular flexibility index (Phi) is 3.69. The molecule has 2 atom stereocenters. The fourth-order valence-corrected chi connectivity index (χ4v) is 3.01. The summed E-state index contributed by atoms with van der Waals surface area (Å²) in [5.74, 6) is -0.125. The lowest BCUT2D eigenvalue weighted by atomic mass is 10.1. The molecule has 0 spiro atoms. The summed E-state index contributed by atoms with van der Waals surface area (Å²) in [7, 11) is 0. The molecule has 3 rings (SSSR count). The number of anilines is 1. The molecule has 0 saturated heterocycles. The van der Waals surface area contributed by atoms with Crippen LogP contribution in [0.3, 0.4) is 0 Å². The van der Waals surface area contributed by atoms with E-state index in [1.165, 1.54) is 0 Å². The number of carbonyl (C=O) groups is 1. The molecule has 2 aromatic rings. The Morgan fingerprint density at radius 3 is 2.90 bits per heavy atom. The van der Waals surface area contributed by atoms with Gasteiger partial charge in [-0.25, -0.2) is 0 Å². The average Bonchev–Trinajstić information content (AvgIpc) is 2.88. The summed E-state index contributed by atoms with van der Waals surface area (Å²) in [6.07, 6.45) is 3.95. The summed E-state index contributed by atoms with van der Waals surface area (Å²) in [6, 6.07) is 5.17. The smallest absolute Gasteiger partial charge is 0.255 e. The third kappa shape index (κ3) is 2.80. The lowest BCUT2D eigenvalue weighted by Crippen LogP contribution is -2.23. The van der Waals surface area contributed by atoms with Crippen molar-refractivity contribution in [3.8, 4) is 0 Å². The highest BCUT2D eigenvalue weighted by Crippen LogP contribution is 2.29. The van der Waals surface area contributed by atoms with Crippen LogP contribution in [0.25, 0.3) is 10.8 Å². The van der Waals surface area contributed by atoms with Gasteiger partial charge in [-0.2, -0.15) is 0 Å². The topological polar surface area (TPSA) is 88.0 Å². The van der Waals surface area contributed by atoms with Crippen LogP contribution in [0.4, 0.5) is 5.69 Å². The molecule has 1 aliphatic carbocycles. The van der Waals surface area contributed by atoms with E-state index in [2.05, 4.69) is 10.3 Å². The van der Waals surface area contributed by atoms with Gasteiger partial charge in [-0.3, -0.25) is 9.59 Å². The Bertz CT molecular complexity index is 756. The number of aromatic amines is 1. The van der Waals surface area contributed by atoms with E-state index in [1.54, 1.807) is 24.4 Å². The number of rotatable bonds is 2. The van der Waals surface area contributed by atoms with Crippen LogP contribution in [0, 0.1) is 5.92 Å². The largest absolute Gasteiger partial charge is 0.329 e. The van der Waals surface area contributed by atoms with E-state index >= 15 is 0 Å². The molecule has 0 bridgehead atoms. The average molecular weight is 306 g/mol. The van der Waals surface area contributed by atoms with Crippen molar-refractivity contribution in [2.75, 3.05) is 5.32 Å². The minimum atomic E-state index is -0.200. The maximum absolute atomic E-state index is 12.2. The van der Waals surface area contributed by atoms with Crippen LogP contribution in [0.15, 0.2) is 29.2 Å². The highest BCUT2D eigenvalue weighted by molar-refractivity contribution is 6.34. The summed E-state index contributed by atoms with van der Waals surface area (Å²) in [5, 5.41) is 4.44. The maximum Gasteiger partial charge on any atom is 0.255 e. The molecule has 1 amide bonds. The molecule has 6 heteroatoms. The van der Waals surface area contributed by atoms with Crippen molar-refractivity contribution in [3.05, 3.63) is 39.8 Å². The first-order valence-corrected chi connectivity index (χ1v) is 7.30. The Labute approximate surface area is 126 Å². The molecule has 1 aromatic heterocycles. The number of pyridine rings is 1. The lowest BCUT2D eigenvalue weighted by Gasteiger charge is -2.12. The first-order valence-electron chi connectivity index (χ1n) is 6.92. The molecule has 110 valence electrons. The number of aromatic nitrogens is 1. The van der Waals surface area contributed by atoms with Crippen molar-refractivity contribution in [1.82, 2.24) is 4.98 Å². The molecule has 1 aromatic carbocycles. The molecule has 0 radical (unpaired) electrons. The molecule has 0 aliphatic heterocycles. The summed E-state index contributed by atoms with van der Waals surface area (Å²) in [5.41, 5.74) is 6.16. The van der Waals surface area contributed by atoms with Crippen LogP contribution in [0.2, 0.25) is 5.02 Å². The van der Waals surface area contributed by atoms with Crippen molar-refractivity contribution in [2.24, 2.45) is 11.7 Å². The molecular formula is C15H16ClN3O2. The van der Waals surface area contributed by atoms with Gasteiger partial charge in [0.2, 0.25) is 5.91 Å². The third-order valence-electron chi connectivity index (χ3n) is 3.96. The molecule has 0 unspecified atom stereocenters. The van der Waals surface area contributed by atoms with Gasteiger partial charge in [-0.05, 0) is 42.8 Å². The van der Waals surface area contributed by atoms with Gasteiger partial charge in [-0.15, -0.1) is 0 Å². The van der Waals surface area contributed by atoms with E-state index in [4.69, 9.17) is 17.3 Å². The summed E-state index contributed by atoms with van der Waals surface area (Å²) >= 11 is 6.16.